The second-order valence-electron chi connectivity index (χ2n) is 9.03. The number of aliphatic hydroxyl groups is 1. The second-order valence-corrected chi connectivity index (χ2v) is 10.7. The van der Waals surface area contributed by atoms with Gasteiger partial charge in [-0.3, -0.25) is 14.5 Å². The number of nitrogens with zero attached hydrogens (tertiary/aromatic N) is 3. The van der Waals surface area contributed by atoms with Crippen molar-refractivity contribution < 1.29 is 22.8 Å². The van der Waals surface area contributed by atoms with E-state index in [0.717, 1.165) is 11.3 Å². The zero-order valence-corrected chi connectivity index (χ0v) is 21.4. The summed E-state index contributed by atoms with van der Waals surface area (Å²) in [6.45, 7) is 6.24. The van der Waals surface area contributed by atoms with Crippen molar-refractivity contribution >= 4 is 33.5 Å². The number of aliphatic imine (C=N–C) groups is 1. The number of benzene rings is 2. The van der Waals surface area contributed by atoms with E-state index in [0.29, 0.717) is 55.1 Å². The highest BCUT2D eigenvalue weighted by molar-refractivity contribution is 7.92. The topological polar surface area (TPSA) is 125 Å². The summed E-state index contributed by atoms with van der Waals surface area (Å²) in [7, 11) is -3.86. The standard InChI is InChI=1S/C26H30N4O5S/c1-4-27-23-7-5-6-8-24(23)36(33,34)29-21-11-9-20(10-12-21)25(31)30-15-13-26(32,14-16-30)17-22-18(2)28-35-19(22)3/h4-12,29,32H,13-17H2,1-3H3/b27-4-. The van der Waals surface area contributed by atoms with Crippen molar-refractivity contribution in [2.75, 3.05) is 17.8 Å². The summed E-state index contributed by atoms with van der Waals surface area (Å²) in [6.07, 6.45) is 2.87. The molecular weight excluding hydrogens is 480 g/mol. The molecular formula is C26H30N4O5S. The Morgan fingerprint density at radius 2 is 1.83 bits per heavy atom. The first-order valence-corrected chi connectivity index (χ1v) is 13.2. The van der Waals surface area contributed by atoms with Crippen LogP contribution < -0.4 is 4.72 Å². The number of para-hydroxylation sites is 1. The van der Waals surface area contributed by atoms with E-state index in [4.69, 9.17) is 4.52 Å². The molecule has 4 rings (SSSR count). The Morgan fingerprint density at radius 1 is 1.17 bits per heavy atom. The van der Waals surface area contributed by atoms with Gasteiger partial charge in [0.1, 0.15) is 10.7 Å². The van der Waals surface area contributed by atoms with Crippen LogP contribution in [-0.4, -0.2) is 54.4 Å². The van der Waals surface area contributed by atoms with E-state index in [-0.39, 0.29) is 10.8 Å². The van der Waals surface area contributed by atoms with E-state index >= 15 is 0 Å². The Morgan fingerprint density at radius 3 is 2.44 bits per heavy atom. The van der Waals surface area contributed by atoms with Crippen LogP contribution in [0.4, 0.5) is 11.4 Å². The van der Waals surface area contributed by atoms with Crippen molar-refractivity contribution in [3.63, 3.8) is 0 Å². The van der Waals surface area contributed by atoms with Crippen LogP contribution in [-0.2, 0) is 16.4 Å². The molecule has 0 radical (unpaired) electrons. The first-order valence-electron chi connectivity index (χ1n) is 11.8. The van der Waals surface area contributed by atoms with Gasteiger partial charge in [0.15, 0.2) is 0 Å². The first kappa shape index (κ1) is 25.6. The third-order valence-electron chi connectivity index (χ3n) is 6.48. The number of anilines is 1. The fourth-order valence-corrected chi connectivity index (χ4v) is 5.60. The molecule has 1 aromatic heterocycles. The molecule has 1 aliphatic rings. The number of carbonyl (C=O) groups excluding carboxylic acids is 1. The number of aryl methyl sites for hydroxylation is 2. The van der Waals surface area contributed by atoms with E-state index in [1.165, 1.54) is 12.3 Å². The summed E-state index contributed by atoms with van der Waals surface area (Å²) in [6, 6.07) is 12.8. The Kier molecular flexibility index (Phi) is 7.28. The molecule has 1 fully saturated rings. The molecule has 1 saturated heterocycles. The fourth-order valence-electron chi connectivity index (χ4n) is 4.39. The zero-order chi connectivity index (χ0) is 25.9. The number of aromatic nitrogens is 1. The maximum absolute atomic E-state index is 13.0. The normalized spacial score (nSPS) is 15.8. The van der Waals surface area contributed by atoms with E-state index in [2.05, 4.69) is 14.9 Å². The molecule has 9 nitrogen and oxygen atoms in total. The van der Waals surface area contributed by atoms with Crippen molar-refractivity contribution in [3.05, 3.63) is 71.1 Å². The first-order chi connectivity index (χ1) is 17.1. The SMILES string of the molecule is C/C=N\c1ccccc1S(=O)(=O)Nc1ccc(C(=O)N2CCC(O)(Cc3c(C)noc3C)CC2)cc1. The monoisotopic (exact) mass is 510 g/mol. The van der Waals surface area contributed by atoms with Gasteiger partial charge in [-0.05, 0) is 70.0 Å². The molecule has 2 N–H and O–H groups in total. The van der Waals surface area contributed by atoms with E-state index in [1.807, 2.05) is 13.8 Å². The van der Waals surface area contributed by atoms with E-state index in [9.17, 15) is 18.3 Å². The van der Waals surface area contributed by atoms with Crippen LogP contribution in [0.2, 0.25) is 0 Å². The lowest BCUT2D eigenvalue weighted by atomic mass is 9.84. The molecule has 1 aliphatic heterocycles. The number of likely N-dealkylation sites (tertiary alicyclic amines) is 1. The molecule has 0 spiro atoms. The molecule has 190 valence electrons. The van der Waals surface area contributed by atoms with Crippen LogP contribution in [0.5, 0.6) is 0 Å². The molecule has 0 atom stereocenters. The third kappa shape index (κ3) is 5.50. The third-order valence-corrected chi connectivity index (χ3v) is 7.90. The highest BCUT2D eigenvalue weighted by atomic mass is 32.2. The Bertz CT molecular complexity index is 1350. The van der Waals surface area contributed by atoms with Crippen LogP contribution >= 0.6 is 0 Å². The zero-order valence-electron chi connectivity index (χ0n) is 20.6. The lowest BCUT2D eigenvalue weighted by molar-refractivity contribution is -0.0165. The number of hydrogen-bond acceptors (Lipinski definition) is 7. The largest absolute Gasteiger partial charge is 0.389 e. The van der Waals surface area contributed by atoms with Crippen LogP contribution in [0.1, 0.15) is 47.1 Å². The van der Waals surface area contributed by atoms with Gasteiger partial charge in [-0.1, -0.05) is 17.3 Å². The molecule has 10 heteroatoms. The summed E-state index contributed by atoms with van der Waals surface area (Å²) < 4.78 is 33.5. The highest BCUT2D eigenvalue weighted by Crippen LogP contribution is 2.30. The average Bonchev–Trinajstić information content (AvgIpc) is 3.16. The molecule has 1 amide bonds. The van der Waals surface area contributed by atoms with Gasteiger partial charge in [0.05, 0.1) is 17.0 Å². The van der Waals surface area contributed by atoms with Crippen LogP contribution in [0.15, 0.2) is 62.9 Å². The molecule has 0 bridgehead atoms. The number of piperidine rings is 1. The molecule has 0 unspecified atom stereocenters. The van der Waals surface area contributed by atoms with Gasteiger partial charge < -0.3 is 14.5 Å². The van der Waals surface area contributed by atoms with Crippen LogP contribution in [0, 0.1) is 13.8 Å². The highest BCUT2D eigenvalue weighted by Gasteiger charge is 2.35. The van der Waals surface area contributed by atoms with Gasteiger partial charge in [0, 0.05) is 42.5 Å². The van der Waals surface area contributed by atoms with Crippen molar-refractivity contribution in [2.24, 2.45) is 4.99 Å². The minimum atomic E-state index is -3.86. The number of nitrogens with one attached hydrogen (secondary N) is 1. The van der Waals surface area contributed by atoms with Crippen molar-refractivity contribution in [1.82, 2.24) is 10.1 Å². The molecule has 2 heterocycles. The maximum atomic E-state index is 13.0. The van der Waals surface area contributed by atoms with E-state index in [1.54, 1.807) is 54.3 Å². The molecule has 0 saturated carbocycles. The van der Waals surface area contributed by atoms with Gasteiger partial charge in [0.25, 0.3) is 15.9 Å². The number of sulfonamides is 1. The molecule has 0 aliphatic carbocycles. The lowest BCUT2D eigenvalue weighted by Crippen LogP contribution is -2.47. The molecule has 3 aromatic rings. The van der Waals surface area contributed by atoms with Crippen LogP contribution in [0.3, 0.4) is 0 Å². The van der Waals surface area contributed by atoms with Crippen LogP contribution in [0.25, 0.3) is 0 Å². The number of amides is 1. The van der Waals surface area contributed by atoms with Gasteiger partial charge in [-0.25, -0.2) is 8.42 Å². The van der Waals surface area contributed by atoms with Crippen molar-refractivity contribution in [3.8, 4) is 0 Å². The van der Waals surface area contributed by atoms with Gasteiger partial charge in [0.2, 0.25) is 0 Å². The number of carbonyl (C=O) groups is 1. The predicted octanol–water partition coefficient (Wildman–Crippen LogP) is 4.02. The summed E-state index contributed by atoms with van der Waals surface area (Å²) in [4.78, 5) is 18.9. The Hall–Kier alpha value is -3.50. The lowest BCUT2D eigenvalue weighted by Gasteiger charge is -2.38. The van der Waals surface area contributed by atoms with Crippen molar-refractivity contribution in [1.29, 1.82) is 0 Å². The minimum Gasteiger partial charge on any atom is -0.389 e. The second kappa shape index (κ2) is 10.2. The summed E-state index contributed by atoms with van der Waals surface area (Å²) in [5.41, 5.74) is 1.91. The van der Waals surface area contributed by atoms with E-state index < -0.39 is 15.6 Å². The average molecular weight is 511 g/mol. The van der Waals surface area contributed by atoms with Gasteiger partial charge in [-0.15, -0.1) is 0 Å². The smallest absolute Gasteiger partial charge is 0.264 e. The summed E-state index contributed by atoms with van der Waals surface area (Å²) in [5.74, 6) is 0.545. The predicted molar refractivity (Wildman–Crippen MR) is 137 cm³/mol. The molecule has 2 aromatic carbocycles. The number of hydrogen-bond donors (Lipinski definition) is 2. The summed E-state index contributed by atoms with van der Waals surface area (Å²) in [5, 5.41) is 15.0. The maximum Gasteiger partial charge on any atom is 0.264 e. The summed E-state index contributed by atoms with van der Waals surface area (Å²) >= 11 is 0. The minimum absolute atomic E-state index is 0.0700. The fraction of sp³-hybridized carbons (Fsp3) is 0.346. The Balaban J connectivity index is 1.40. The quantitative estimate of drug-likeness (QED) is 0.463. The molecule has 36 heavy (non-hydrogen) atoms. The Labute approximate surface area is 210 Å². The van der Waals surface area contributed by atoms with Gasteiger partial charge in [-0.2, -0.15) is 0 Å². The number of rotatable bonds is 7. The van der Waals surface area contributed by atoms with Gasteiger partial charge >= 0.3 is 0 Å². The van der Waals surface area contributed by atoms with Crippen molar-refractivity contribution in [2.45, 2.75) is 50.5 Å².